The number of ether oxygens (including phenoxy) is 4. The summed E-state index contributed by atoms with van der Waals surface area (Å²) in [7, 11) is 4.61. The van der Waals surface area contributed by atoms with Crippen LogP contribution in [0.2, 0.25) is 0 Å². The molecule has 9 nitrogen and oxygen atoms in total. The van der Waals surface area contributed by atoms with Crippen molar-refractivity contribution < 1.29 is 28.8 Å². The summed E-state index contributed by atoms with van der Waals surface area (Å²) in [6.07, 6.45) is 1.32. The molecule has 0 unspecified atom stereocenters. The van der Waals surface area contributed by atoms with Crippen molar-refractivity contribution >= 4 is 11.6 Å². The molecule has 0 saturated heterocycles. The fourth-order valence-electron chi connectivity index (χ4n) is 2.42. The molecule has 0 amide bonds. The molecule has 3 rings (SSSR count). The third-order valence-electron chi connectivity index (χ3n) is 3.63. The van der Waals surface area contributed by atoms with Gasteiger partial charge in [-0.15, -0.1) is 5.10 Å². The summed E-state index contributed by atoms with van der Waals surface area (Å²) in [5.74, 6) is 0.748. The molecule has 136 valence electrons. The Hall–Kier alpha value is -3.49. The van der Waals surface area contributed by atoms with Crippen LogP contribution in [0.1, 0.15) is 16.1 Å². The smallest absolute Gasteiger partial charge is 0.356 e. The highest BCUT2D eigenvalue weighted by Gasteiger charge is 2.14. The molecule has 0 aliphatic rings. The number of fused-ring (bicyclic) bond motifs is 1. The highest BCUT2D eigenvalue weighted by Crippen LogP contribution is 2.38. The molecule has 9 heteroatoms. The van der Waals surface area contributed by atoms with Gasteiger partial charge in [0.05, 0.1) is 27.5 Å². The predicted octanol–water partition coefficient (Wildman–Crippen LogP) is 2.03. The van der Waals surface area contributed by atoms with Gasteiger partial charge in [-0.25, -0.2) is 14.3 Å². The number of aromatic carboxylic acids is 1. The summed E-state index contributed by atoms with van der Waals surface area (Å²) in [6, 6.07) is 6.80. The number of imidazole rings is 1. The zero-order valence-corrected chi connectivity index (χ0v) is 14.4. The maximum atomic E-state index is 11.0. The molecule has 26 heavy (non-hydrogen) atoms. The Kier molecular flexibility index (Phi) is 4.78. The van der Waals surface area contributed by atoms with E-state index in [2.05, 4.69) is 10.1 Å². The second-order valence-corrected chi connectivity index (χ2v) is 5.23. The van der Waals surface area contributed by atoms with Crippen molar-refractivity contribution in [2.75, 3.05) is 21.3 Å². The lowest BCUT2D eigenvalue weighted by Crippen LogP contribution is -2.02. The lowest BCUT2D eigenvalue weighted by atomic mass is 10.2. The van der Waals surface area contributed by atoms with Crippen LogP contribution in [0.4, 0.5) is 0 Å². The monoisotopic (exact) mass is 359 g/mol. The van der Waals surface area contributed by atoms with E-state index in [1.807, 2.05) is 0 Å². The van der Waals surface area contributed by atoms with Gasteiger partial charge >= 0.3 is 5.97 Å². The minimum Gasteiger partial charge on any atom is -0.493 e. The summed E-state index contributed by atoms with van der Waals surface area (Å²) in [6.45, 7) is 0.204. The van der Waals surface area contributed by atoms with Gasteiger partial charge in [0.15, 0.2) is 22.8 Å². The third kappa shape index (κ3) is 3.32. The maximum Gasteiger partial charge on any atom is 0.356 e. The number of methoxy groups -OCH3 is 3. The van der Waals surface area contributed by atoms with Crippen molar-refractivity contribution in [3.8, 4) is 23.1 Å². The number of aromatic nitrogens is 3. The lowest BCUT2D eigenvalue weighted by Gasteiger charge is -2.14. The zero-order valence-electron chi connectivity index (χ0n) is 14.4. The highest BCUT2D eigenvalue weighted by molar-refractivity contribution is 5.85. The van der Waals surface area contributed by atoms with Gasteiger partial charge in [0.2, 0.25) is 11.6 Å². The first-order valence-electron chi connectivity index (χ1n) is 7.57. The Morgan fingerprint density at radius 2 is 1.81 bits per heavy atom. The SMILES string of the molecule is COc1cc(COc2ccc3nc(C(=O)O)cn3n2)cc(OC)c1OC. The number of carboxylic acids is 1. The first kappa shape index (κ1) is 17.3. The van der Waals surface area contributed by atoms with Crippen molar-refractivity contribution in [3.63, 3.8) is 0 Å². The minimum absolute atomic E-state index is 0.0840. The first-order chi connectivity index (χ1) is 12.5. The van der Waals surface area contributed by atoms with Gasteiger partial charge in [-0.1, -0.05) is 0 Å². The Morgan fingerprint density at radius 3 is 2.38 bits per heavy atom. The van der Waals surface area contributed by atoms with Crippen molar-refractivity contribution in [1.29, 1.82) is 0 Å². The summed E-state index contributed by atoms with van der Waals surface area (Å²) in [5, 5.41) is 13.2. The topological polar surface area (TPSA) is 104 Å². The third-order valence-corrected chi connectivity index (χ3v) is 3.63. The van der Waals surface area contributed by atoms with Gasteiger partial charge in [-0.3, -0.25) is 0 Å². The second-order valence-electron chi connectivity index (χ2n) is 5.23. The molecule has 0 fully saturated rings. The largest absolute Gasteiger partial charge is 0.493 e. The molecule has 0 atom stereocenters. The van der Waals surface area contributed by atoms with Gasteiger partial charge < -0.3 is 24.1 Å². The number of carboxylic acid groups (broad SMARTS) is 1. The van der Waals surface area contributed by atoms with Crippen LogP contribution in [-0.2, 0) is 6.61 Å². The molecule has 0 bridgehead atoms. The van der Waals surface area contributed by atoms with E-state index >= 15 is 0 Å². The summed E-state index contributed by atoms with van der Waals surface area (Å²) in [5.41, 5.74) is 1.13. The van der Waals surface area contributed by atoms with Crippen LogP contribution in [0, 0.1) is 0 Å². The average Bonchev–Trinajstić information content (AvgIpc) is 3.09. The Bertz CT molecular complexity index is 928. The van der Waals surface area contributed by atoms with Gasteiger partial charge in [0.1, 0.15) is 6.61 Å². The van der Waals surface area contributed by atoms with E-state index in [0.717, 1.165) is 5.56 Å². The maximum absolute atomic E-state index is 11.0. The van der Waals surface area contributed by atoms with Crippen LogP contribution in [0.15, 0.2) is 30.5 Å². The van der Waals surface area contributed by atoms with Gasteiger partial charge in [-0.05, 0) is 23.8 Å². The number of carbonyl (C=O) groups is 1. The van der Waals surface area contributed by atoms with Crippen molar-refractivity contribution in [2.24, 2.45) is 0 Å². The number of hydrogen-bond acceptors (Lipinski definition) is 7. The summed E-state index contributed by atoms with van der Waals surface area (Å²) >= 11 is 0. The van der Waals surface area contributed by atoms with Crippen molar-refractivity contribution in [3.05, 3.63) is 41.7 Å². The average molecular weight is 359 g/mol. The van der Waals surface area contributed by atoms with E-state index in [1.165, 1.54) is 32.0 Å². The van der Waals surface area contributed by atoms with Crippen LogP contribution >= 0.6 is 0 Å². The van der Waals surface area contributed by atoms with E-state index < -0.39 is 5.97 Å². The second kappa shape index (κ2) is 7.18. The standard InChI is InChI=1S/C17H17N3O6/c1-23-12-6-10(7-13(24-2)16(12)25-3)9-26-15-5-4-14-18-11(17(21)22)8-20(14)19-15/h4-8H,9H2,1-3H3,(H,21,22). The van der Waals surface area contributed by atoms with Gasteiger partial charge in [-0.2, -0.15) is 0 Å². The normalized spacial score (nSPS) is 10.6. The lowest BCUT2D eigenvalue weighted by molar-refractivity contribution is 0.0691. The summed E-state index contributed by atoms with van der Waals surface area (Å²) in [4.78, 5) is 14.9. The van der Waals surface area contributed by atoms with E-state index in [4.69, 9.17) is 24.1 Å². The number of rotatable bonds is 7. The van der Waals surface area contributed by atoms with Crippen LogP contribution in [0.5, 0.6) is 23.1 Å². The zero-order chi connectivity index (χ0) is 18.7. The Balaban J connectivity index is 1.82. The molecular weight excluding hydrogens is 342 g/mol. The van der Waals surface area contributed by atoms with Crippen molar-refractivity contribution in [2.45, 2.75) is 6.61 Å². The van der Waals surface area contributed by atoms with E-state index in [1.54, 1.807) is 24.3 Å². The molecule has 0 radical (unpaired) electrons. The molecule has 2 aromatic heterocycles. The van der Waals surface area contributed by atoms with Gasteiger partial charge in [0.25, 0.3) is 0 Å². The molecule has 3 aromatic rings. The van der Waals surface area contributed by atoms with E-state index in [0.29, 0.717) is 28.8 Å². The predicted molar refractivity (Wildman–Crippen MR) is 90.4 cm³/mol. The van der Waals surface area contributed by atoms with Crippen molar-refractivity contribution in [1.82, 2.24) is 14.6 Å². The Morgan fingerprint density at radius 1 is 1.12 bits per heavy atom. The quantitative estimate of drug-likeness (QED) is 0.683. The molecule has 1 aromatic carbocycles. The van der Waals surface area contributed by atoms with E-state index in [-0.39, 0.29) is 12.3 Å². The number of benzene rings is 1. The van der Waals surface area contributed by atoms with Crippen LogP contribution in [0.25, 0.3) is 5.65 Å². The Labute approximate surface area is 148 Å². The number of hydrogen-bond donors (Lipinski definition) is 1. The molecule has 0 saturated carbocycles. The van der Waals surface area contributed by atoms with Crippen LogP contribution < -0.4 is 18.9 Å². The minimum atomic E-state index is -1.12. The molecule has 0 aliphatic heterocycles. The first-order valence-corrected chi connectivity index (χ1v) is 7.57. The molecule has 0 aliphatic carbocycles. The number of nitrogens with zero attached hydrogens (tertiary/aromatic N) is 3. The molecular formula is C17H17N3O6. The van der Waals surface area contributed by atoms with E-state index in [9.17, 15) is 4.79 Å². The molecule has 0 spiro atoms. The highest BCUT2D eigenvalue weighted by atomic mass is 16.5. The summed E-state index contributed by atoms with van der Waals surface area (Å²) < 4.78 is 22.9. The fraction of sp³-hybridized carbons (Fsp3) is 0.235. The fourth-order valence-corrected chi connectivity index (χ4v) is 2.42. The molecule has 1 N–H and O–H groups in total. The van der Waals surface area contributed by atoms with Gasteiger partial charge in [0, 0.05) is 6.07 Å². The van der Waals surface area contributed by atoms with Crippen LogP contribution in [0.3, 0.4) is 0 Å². The molecule has 2 heterocycles. The van der Waals surface area contributed by atoms with Crippen LogP contribution in [-0.4, -0.2) is 47.0 Å².